The standard InChI is InChI=1S/C6H7ClN2O4S/c1-3-4(6(10)13-2)5(9-8-3)14(7,11)12/h1-2H3,(H,8,9). The molecular formula is C6H7ClN2O4S. The molecule has 1 heterocycles. The largest absolute Gasteiger partial charge is 0.465 e. The van der Waals surface area contributed by atoms with Gasteiger partial charge in [0.2, 0.25) is 0 Å². The van der Waals surface area contributed by atoms with Crippen LogP contribution in [0.1, 0.15) is 16.1 Å². The van der Waals surface area contributed by atoms with Gasteiger partial charge in [-0.2, -0.15) is 5.10 Å². The molecule has 0 saturated heterocycles. The molecule has 0 amide bonds. The van der Waals surface area contributed by atoms with E-state index in [0.717, 1.165) is 7.11 Å². The summed E-state index contributed by atoms with van der Waals surface area (Å²) < 4.78 is 26.3. The van der Waals surface area contributed by atoms with Gasteiger partial charge in [0.15, 0.2) is 5.03 Å². The highest BCUT2D eigenvalue weighted by molar-refractivity contribution is 8.13. The van der Waals surface area contributed by atoms with Gasteiger partial charge < -0.3 is 4.74 Å². The normalized spacial score (nSPS) is 11.4. The van der Waals surface area contributed by atoms with Crippen LogP contribution >= 0.6 is 10.7 Å². The summed E-state index contributed by atoms with van der Waals surface area (Å²) in [5.74, 6) is -0.796. The topological polar surface area (TPSA) is 89.1 Å². The zero-order chi connectivity index (χ0) is 10.9. The molecule has 0 radical (unpaired) electrons. The first-order valence-corrected chi connectivity index (χ1v) is 5.76. The lowest BCUT2D eigenvalue weighted by Gasteiger charge is -1.98. The number of hydrogen-bond donors (Lipinski definition) is 1. The number of esters is 1. The Hall–Kier alpha value is -1.08. The Morgan fingerprint density at radius 1 is 1.57 bits per heavy atom. The monoisotopic (exact) mass is 238 g/mol. The van der Waals surface area contributed by atoms with Crippen molar-refractivity contribution in [1.82, 2.24) is 10.2 Å². The lowest BCUT2D eigenvalue weighted by molar-refractivity contribution is 0.0595. The highest BCUT2D eigenvalue weighted by Gasteiger charge is 2.26. The number of carbonyl (C=O) groups is 1. The molecule has 0 bridgehead atoms. The molecule has 0 fully saturated rings. The van der Waals surface area contributed by atoms with E-state index >= 15 is 0 Å². The van der Waals surface area contributed by atoms with Gasteiger partial charge in [-0.15, -0.1) is 0 Å². The Morgan fingerprint density at radius 2 is 2.14 bits per heavy atom. The number of aromatic amines is 1. The fraction of sp³-hybridized carbons (Fsp3) is 0.333. The number of aromatic nitrogens is 2. The molecule has 0 unspecified atom stereocenters. The number of nitrogens with one attached hydrogen (secondary N) is 1. The molecule has 1 rings (SSSR count). The summed E-state index contributed by atoms with van der Waals surface area (Å²) in [6.07, 6.45) is 0. The number of halogens is 1. The third kappa shape index (κ3) is 1.88. The maximum absolute atomic E-state index is 11.2. The molecule has 8 heteroatoms. The number of ether oxygens (including phenoxy) is 1. The summed E-state index contributed by atoms with van der Waals surface area (Å²) in [7, 11) is 2.20. The van der Waals surface area contributed by atoms with Crippen LogP contribution in [0.15, 0.2) is 5.03 Å². The lowest BCUT2D eigenvalue weighted by atomic mass is 10.3. The minimum Gasteiger partial charge on any atom is -0.465 e. The van der Waals surface area contributed by atoms with Crippen LogP contribution in [0, 0.1) is 6.92 Å². The predicted octanol–water partition coefficient (Wildman–Crippen LogP) is 0.432. The maximum Gasteiger partial charge on any atom is 0.342 e. The van der Waals surface area contributed by atoms with Crippen molar-refractivity contribution >= 4 is 25.7 Å². The molecule has 0 aliphatic heterocycles. The van der Waals surface area contributed by atoms with Gasteiger partial charge in [0.1, 0.15) is 5.56 Å². The van der Waals surface area contributed by atoms with Crippen molar-refractivity contribution in [2.45, 2.75) is 11.9 Å². The second kappa shape index (κ2) is 3.58. The molecule has 1 N–H and O–H groups in total. The van der Waals surface area contributed by atoms with Crippen LogP contribution < -0.4 is 0 Å². The molecule has 1 aromatic rings. The van der Waals surface area contributed by atoms with Gasteiger partial charge in [0.05, 0.1) is 12.8 Å². The minimum absolute atomic E-state index is 0.164. The highest BCUT2D eigenvalue weighted by Crippen LogP contribution is 2.20. The third-order valence-corrected chi connectivity index (χ3v) is 2.79. The van der Waals surface area contributed by atoms with E-state index in [1.165, 1.54) is 6.92 Å². The van der Waals surface area contributed by atoms with Crippen LogP contribution in [0.25, 0.3) is 0 Å². The molecule has 0 atom stereocenters. The number of methoxy groups -OCH3 is 1. The van der Waals surface area contributed by atoms with E-state index in [-0.39, 0.29) is 11.3 Å². The number of aryl methyl sites for hydroxylation is 1. The predicted molar refractivity (Wildman–Crippen MR) is 47.7 cm³/mol. The molecule has 0 spiro atoms. The number of H-pyrrole nitrogens is 1. The van der Waals surface area contributed by atoms with Crippen molar-refractivity contribution in [3.63, 3.8) is 0 Å². The summed E-state index contributed by atoms with van der Waals surface area (Å²) in [5.41, 5.74) is 0.0542. The molecular weight excluding hydrogens is 232 g/mol. The molecule has 14 heavy (non-hydrogen) atoms. The van der Waals surface area contributed by atoms with E-state index in [9.17, 15) is 13.2 Å². The van der Waals surface area contributed by atoms with Crippen LogP contribution in [0.3, 0.4) is 0 Å². The highest BCUT2D eigenvalue weighted by atomic mass is 35.7. The van der Waals surface area contributed by atoms with Gasteiger partial charge >= 0.3 is 5.97 Å². The second-order valence-electron chi connectivity index (χ2n) is 2.44. The zero-order valence-electron chi connectivity index (χ0n) is 7.37. The second-order valence-corrected chi connectivity index (χ2v) is 4.95. The third-order valence-electron chi connectivity index (χ3n) is 1.55. The van der Waals surface area contributed by atoms with Crippen LogP contribution in [-0.4, -0.2) is 31.7 Å². The summed E-state index contributed by atoms with van der Waals surface area (Å²) in [5, 5.41) is 5.28. The first-order valence-electron chi connectivity index (χ1n) is 3.46. The minimum atomic E-state index is -4.01. The zero-order valence-corrected chi connectivity index (χ0v) is 8.94. The van der Waals surface area contributed by atoms with E-state index in [1.54, 1.807) is 0 Å². The van der Waals surface area contributed by atoms with Crippen molar-refractivity contribution in [3.05, 3.63) is 11.3 Å². The van der Waals surface area contributed by atoms with Gasteiger partial charge in [-0.25, -0.2) is 13.2 Å². The number of hydrogen-bond acceptors (Lipinski definition) is 5. The average molecular weight is 239 g/mol. The Kier molecular flexibility index (Phi) is 2.81. The quantitative estimate of drug-likeness (QED) is 0.596. The Balaban J connectivity index is 3.42. The van der Waals surface area contributed by atoms with Crippen molar-refractivity contribution in [2.75, 3.05) is 7.11 Å². The first-order chi connectivity index (χ1) is 6.38. The van der Waals surface area contributed by atoms with Crippen molar-refractivity contribution in [1.29, 1.82) is 0 Å². The number of rotatable bonds is 2. The molecule has 78 valence electrons. The van der Waals surface area contributed by atoms with Gasteiger partial charge in [-0.1, -0.05) is 0 Å². The summed E-state index contributed by atoms with van der Waals surface area (Å²) in [6, 6.07) is 0. The van der Waals surface area contributed by atoms with E-state index in [2.05, 4.69) is 14.9 Å². The van der Waals surface area contributed by atoms with Gasteiger partial charge in [-0.3, -0.25) is 5.10 Å². The number of nitrogens with zero attached hydrogens (tertiary/aromatic N) is 1. The Bertz CT molecular complexity index is 464. The smallest absolute Gasteiger partial charge is 0.342 e. The summed E-state index contributed by atoms with van der Waals surface area (Å²) in [6.45, 7) is 1.47. The molecule has 0 aliphatic rings. The van der Waals surface area contributed by atoms with Crippen molar-refractivity contribution < 1.29 is 17.9 Å². The maximum atomic E-state index is 11.2. The molecule has 0 saturated carbocycles. The SMILES string of the molecule is COC(=O)c1c(C)n[nH]c1S(=O)(=O)Cl. The average Bonchev–Trinajstić information content (AvgIpc) is 2.45. The van der Waals surface area contributed by atoms with Gasteiger partial charge in [-0.05, 0) is 6.92 Å². The van der Waals surface area contributed by atoms with Crippen LogP contribution in [0.2, 0.25) is 0 Å². The Morgan fingerprint density at radius 3 is 2.57 bits per heavy atom. The Labute approximate surface area is 84.6 Å². The van der Waals surface area contributed by atoms with E-state index in [4.69, 9.17) is 10.7 Å². The van der Waals surface area contributed by atoms with Gasteiger partial charge in [0.25, 0.3) is 9.05 Å². The lowest BCUT2D eigenvalue weighted by Crippen LogP contribution is -2.07. The molecule has 6 nitrogen and oxygen atoms in total. The summed E-state index contributed by atoms with van der Waals surface area (Å²) in [4.78, 5) is 11.2. The van der Waals surface area contributed by atoms with Crippen LogP contribution in [0.5, 0.6) is 0 Å². The fourth-order valence-electron chi connectivity index (χ4n) is 0.930. The van der Waals surface area contributed by atoms with E-state index in [0.29, 0.717) is 0 Å². The molecule has 0 aromatic carbocycles. The van der Waals surface area contributed by atoms with Crippen molar-refractivity contribution in [3.8, 4) is 0 Å². The first kappa shape index (κ1) is 11.0. The number of carbonyl (C=O) groups excluding carboxylic acids is 1. The summed E-state index contributed by atoms with van der Waals surface area (Å²) >= 11 is 0. The van der Waals surface area contributed by atoms with Crippen LogP contribution in [-0.2, 0) is 13.8 Å². The van der Waals surface area contributed by atoms with Gasteiger partial charge in [0, 0.05) is 10.7 Å². The molecule has 0 aliphatic carbocycles. The van der Waals surface area contributed by atoms with E-state index < -0.39 is 20.0 Å². The van der Waals surface area contributed by atoms with Crippen molar-refractivity contribution in [2.24, 2.45) is 0 Å². The van der Waals surface area contributed by atoms with Crippen LogP contribution in [0.4, 0.5) is 0 Å². The fourth-order valence-corrected chi connectivity index (χ4v) is 1.89. The molecule has 1 aromatic heterocycles. The van der Waals surface area contributed by atoms with E-state index in [1.807, 2.05) is 0 Å².